The molecule has 0 amide bonds. The Bertz CT molecular complexity index is 2500. The quantitative estimate of drug-likeness (QED) is 0.0628. The Morgan fingerprint density at radius 2 is 0.423 bits per heavy atom. The molecule has 80 N–H and O–H groups in total. The maximum Gasteiger partial charge on any atom is 0.408 e. The molecule has 2 rings (SSSR count). The van der Waals surface area contributed by atoms with Gasteiger partial charge in [-0.1, -0.05) is 0 Å². The fraction of sp³-hybridized carbons (Fsp3) is 1.00. The molecule has 2 aliphatic heterocycles. The molecule has 0 saturated carbocycles. The molecule has 40 radical (unpaired) electrons. The highest BCUT2D eigenvalue weighted by Crippen LogP contribution is 2.43. The first-order chi connectivity index (χ1) is 28.7. The molecule has 0 spiro atoms. The molecular weight excluding hydrogens is 2030 g/mol. The topological polar surface area (TPSA) is 1710 Å². The third-order valence-corrected chi connectivity index (χ3v) is 17.7. The van der Waals surface area contributed by atoms with E-state index < -0.39 is 158 Å². The molecule has 99 heteroatoms. The van der Waals surface area contributed by atoms with E-state index in [2.05, 4.69) is 38.4 Å². The van der Waals surface area contributed by atoms with E-state index >= 15 is 0 Å². The van der Waals surface area contributed by atoms with Crippen LogP contribution in [0.3, 0.4) is 0 Å². The highest BCUT2D eigenvalue weighted by atomic mass is 32.3. The lowest BCUT2D eigenvalue weighted by atomic mass is 9.99. The minimum Gasteiger partial charge on any atom is -0.412 e. The molecule has 0 aliphatic carbocycles. The summed E-state index contributed by atoms with van der Waals surface area (Å²) in [6.45, 7) is -5.31. The maximum atomic E-state index is 12.9. The Labute approximate surface area is 780 Å². The summed E-state index contributed by atoms with van der Waals surface area (Å²) in [6, 6.07) is 0. The SMILES string of the molecule is O.O.O.O.O.O.O.O.O.O.O.O.O.O.O.O.O.O.O.O.O.O.O.O.O.O.O.O.O.O.O.O.O.O.O.O.O.O.O.O.O=S(=O)([O][Al])OCC1OC(OC2(COS(=O)(=O)[O][Al])OC(COS(=O)(=O)[O][Al])C(OS(=O)(=O)[O][Al])C2OS(=O)(=O)[O][Al])C(OS(=O)(=O)[O][Al])C(OS(=O)(=O)[O][Al])C1OS(=O)(=O)[O][Al].[Al].[Al].[Al].[Al].[Al].[Al].[Al].[Al]. The Hall–Kier alpha value is 5.76. The molecule has 0 aromatic carbocycles. The Kier molecular flexibility index (Phi) is 395. The molecule has 9 unspecified atom stereocenters. The van der Waals surface area contributed by atoms with Gasteiger partial charge in [-0.3, -0.25) is 0 Å². The number of hydrogen-bond acceptors (Lipinski definition) is 35. The highest BCUT2D eigenvalue weighted by Gasteiger charge is 2.65. The van der Waals surface area contributed by atoms with Gasteiger partial charge >= 0.3 is 216 Å². The predicted molar refractivity (Wildman–Crippen MR) is 376 cm³/mol. The molecule has 0 aromatic heterocycles. The van der Waals surface area contributed by atoms with Gasteiger partial charge in [0.2, 0.25) is 5.79 Å². The maximum absolute atomic E-state index is 12.9. The van der Waals surface area contributed by atoms with Gasteiger partial charge in [0.05, 0.1) is 13.2 Å². The van der Waals surface area contributed by atoms with Crippen LogP contribution < -0.4 is 0 Å². The lowest BCUT2D eigenvalue weighted by Gasteiger charge is -2.46. The van der Waals surface area contributed by atoms with Crippen molar-refractivity contribution in [3.63, 3.8) is 0 Å². The molecule has 2 fully saturated rings. The molecule has 0 bridgehead atoms. The fourth-order valence-corrected chi connectivity index (χ4v) is 9.37. The van der Waals surface area contributed by atoms with Crippen molar-refractivity contribution < 1.29 is 360 Å². The monoisotopic (exact) mass is 2130 g/mol. The van der Waals surface area contributed by atoms with Gasteiger partial charge in [-0.05, 0) is 0 Å². The Balaban J connectivity index is -0.0000000190. The molecule has 9 atom stereocenters. The van der Waals surface area contributed by atoms with E-state index in [1.165, 1.54) is 33.2 Å². The lowest BCUT2D eigenvalue weighted by molar-refractivity contribution is -0.374. The zero-order valence-electron chi connectivity index (χ0n) is 54.0. The van der Waals surface area contributed by atoms with Crippen LogP contribution in [0.4, 0.5) is 0 Å². The zero-order chi connectivity index (χ0) is 48.7. The van der Waals surface area contributed by atoms with Crippen LogP contribution in [0.2, 0.25) is 0 Å². The van der Waals surface area contributed by atoms with Crippen LogP contribution in [-0.4, -0.2) is 633 Å². The van der Waals surface area contributed by atoms with E-state index in [4.69, 9.17) is 35.1 Å². The van der Waals surface area contributed by atoms with Crippen molar-refractivity contribution in [1.82, 2.24) is 0 Å². The van der Waals surface area contributed by atoms with Crippen molar-refractivity contribution >= 4 is 355 Å². The molecule has 2 heterocycles. The Morgan fingerprint density at radius 3 is 0.658 bits per heavy atom. The fourth-order valence-electron chi connectivity index (χ4n) is 4.41. The molecule has 2 aliphatic rings. The van der Waals surface area contributed by atoms with Crippen LogP contribution in [0, 0.1) is 0 Å². The van der Waals surface area contributed by atoms with Gasteiger partial charge in [-0.15, -0.1) is 0 Å². The average molecular weight is 2130 g/mol. The van der Waals surface area contributed by atoms with Crippen molar-refractivity contribution in [2.75, 3.05) is 19.8 Å². The van der Waals surface area contributed by atoms with Crippen LogP contribution in [0.15, 0.2) is 0 Å². The summed E-state index contributed by atoms with van der Waals surface area (Å²) in [5, 5.41) is 0. The van der Waals surface area contributed by atoms with Crippen LogP contribution in [0.25, 0.3) is 0 Å². The van der Waals surface area contributed by atoms with Gasteiger partial charge in [-0.2, -0.15) is 67.3 Å². The second-order valence-corrected chi connectivity index (χ2v) is 24.6. The highest BCUT2D eigenvalue weighted by molar-refractivity contribution is 7.84. The second-order valence-electron chi connectivity index (χ2n) is 10.3. The molecule has 2 saturated heterocycles. The summed E-state index contributed by atoms with van der Waals surface area (Å²) >= 11 is 9.26. The van der Waals surface area contributed by atoms with E-state index in [1.54, 1.807) is 0 Å². The first-order valence-electron chi connectivity index (χ1n) is 14.1. The summed E-state index contributed by atoms with van der Waals surface area (Å²) < 4.78 is 288. The first-order valence-corrected chi connectivity index (χ1v) is 28.5. The van der Waals surface area contributed by atoms with E-state index in [0.29, 0.717) is 0 Å². The zero-order valence-corrected chi connectivity index (χ0v) is 79.0. The normalized spacial score (nSPS) is 16.0. The Morgan fingerprint density at radius 1 is 0.234 bits per heavy atom. The minimum absolute atomic E-state index is 0. The van der Waals surface area contributed by atoms with Crippen molar-refractivity contribution in [2.45, 2.75) is 54.8 Å². The smallest absolute Gasteiger partial charge is 0.408 e. The van der Waals surface area contributed by atoms with Gasteiger partial charge < -0.3 is 259 Å². The molecule has 0 aromatic rings. The van der Waals surface area contributed by atoms with Crippen molar-refractivity contribution in [1.29, 1.82) is 0 Å². The van der Waals surface area contributed by atoms with Crippen molar-refractivity contribution in [3.05, 3.63) is 0 Å². The third kappa shape index (κ3) is 108. The van der Waals surface area contributed by atoms with Crippen LogP contribution in [-0.2, 0) is 157 Å². The van der Waals surface area contributed by atoms with Gasteiger partial charge in [0, 0.05) is 139 Å². The van der Waals surface area contributed by atoms with Gasteiger partial charge in [0.1, 0.15) is 37.1 Å². The van der Waals surface area contributed by atoms with E-state index in [-0.39, 0.29) is 358 Å². The predicted octanol–water partition coefficient (Wildman–Crippen LogP) is -46.5. The van der Waals surface area contributed by atoms with Gasteiger partial charge in [0.25, 0.3) is 0 Å². The largest absolute Gasteiger partial charge is 0.412 e. The van der Waals surface area contributed by atoms with Crippen LogP contribution in [0.1, 0.15) is 0 Å². The summed E-state index contributed by atoms with van der Waals surface area (Å²) in [5.41, 5.74) is 0. The first kappa shape index (κ1) is 322. The van der Waals surface area contributed by atoms with Gasteiger partial charge in [-0.25, -0.2) is 33.5 Å². The molecular formula is C12H94Al16O75S8. The average Bonchev–Trinajstić information content (AvgIpc) is 1.98. The number of ether oxygens (including phenoxy) is 3. The van der Waals surface area contributed by atoms with Crippen LogP contribution in [0.5, 0.6) is 0 Å². The minimum atomic E-state index is -5.67. The standard InChI is InChI=1S/C12H22O35S8.16Al.40H2O/c13-48(14,15)37-1-4-6(43-51(22,23)24)8(45-53(28,29)30)9(46-54(31,32)33)11(40-4)42-12(3-39-50(19,20)21)10(47-55(34,35)36)7(44-52(25,26)27)5(41-12)2-38-49(16,17)18;;;;;;;;;;;;;;;;;;;;;;;;;;;;;;;;;;;;;;;;;;;;;;;;;;;;;;;;/h4-11H,1-3H2,(H,13,14,15)(H,16,17,18)(H,19,20,21)(H,22,23,24)(H,25,26,27)(H,28,29,30)(H,31,32,33)(H,34,35,36);;;;;;;;;;;;;;;;;40*1H2/q;;;;;;;;;8*+1;;;;;;;;;;;;;;;;;;;;;;;;;;;;;;;;;;;;;;;;/p-8. The van der Waals surface area contributed by atoms with E-state index in [9.17, 15) is 67.3 Å². The molecule has 111 heavy (non-hydrogen) atoms. The summed E-state index contributed by atoms with van der Waals surface area (Å²) in [7, 11) is -43.7. The second kappa shape index (κ2) is 136. The van der Waals surface area contributed by atoms with Gasteiger partial charge in [0.15, 0.2) is 18.5 Å². The molecule has 688 valence electrons. The van der Waals surface area contributed by atoms with Crippen molar-refractivity contribution in [3.8, 4) is 0 Å². The van der Waals surface area contributed by atoms with Crippen molar-refractivity contribution in [2.24, 2.45) is 0 Å². The van der Waals surface area contributed by atoms with E-state index in [0.717, 1.165) is 99.7 Å². The molecule has 75 nitrogen and oxygen atoms in total. The summed E-state index contributed by atoms with van der Waals surface area (Å²) in [5.74, 6) is -3.80. The van der Waals surface area contributed by atoms with E-state index in [1.807, 2.05) is 0 Å². The van der Waals surface area contributed by atoms with Crippen LogP contribution >= 0.6 is 0 Å². The number of rotatable bonds is 29. The third-order valence-electron chi connectivity index (χ3n) is 6.59. The summed E-state index contributed by atoms with van der Waals surface area (Å²) in [4.78, 5) is 0. The lowest BCUT2D eigenvalue weighted by Crippen LogP contribution is -2.66. The summed E-state index contributed by atoms with van der Waals surface area (Å²) in [6.07, 6.45) is -23.4. The number of hydrogen-bond donors (Lipinski definition) is 0.